The molecule has 0 fully saturated rings. The van der Waals surface area contributed by atoms with Gasteiger partial charge in [-0.05, 0) is 64.7 Å². The predicted molar refractivity (Wildman–Crippen MR) is 82.2 cm³/mol. The molecule has 106 valence electrons. The van der Waals surface area contributed by atoms with Crippen LogP contribution in [0.2, 0.25) is 0 Å². The van der Waals surface area contributed by atoms with Crippen LogP contribution in [-0.4, -0.2) is 19.8 Å². The van der Waals surface area contributed by atoms with E-state index in [1.165, 1.54) is 0 Å². The summed E-state index contributed by atoms with van der Waals surface area (Å²) >= 11 is 0. The molecule has 0 saturated heterocycles. The third-order valence-electron chi connectivity index (χ3n) is 2.80. The number of phenols is 1. The predicted octanol–water partition coefficient (Wildman–Crippen LogP) is 3.56. The topological polar surface area (TPSA) is 49.7 Å². The van der Waals surface area contributed by atoms with Gasteiger partial charge >= 0.3 is 0 Å². The average molecular weight is 281 g/mol. The molecule has 0 aliphatic carbocycles. The van der Waals surface area contributed by atoms with Crippen molar-refractivity contribution in [2.75, 3.05) is 0 Å². The summed E-state index contributed by atoms with van der Waals surface area (Å²) in [5, 5.41) is 9.47. The molecule has 1 rings (SSSR count). The highest BCUT2D eigenvalue weighted by Gasteiger charge is 2.18. The van der Waals surface area contributed by atoms with Gasteiger partial charge in [-0.2, -0.15) is 4.40 Å². The Morgan fingerprint density at radius 3 is 2.53 bits per heavy atom. The SMILES string of the molecule is CC(CCc1ccc(O)c(C)c1)=N[S@](=O)C(C)(C)C. The first-order valence-corrected chi connectivity index (χ1v) is 7.55. The molecule has 4 heteroatoms. The van der Waals surface area contributed by atoms with Crippen molar-refractivity contribution < 1.29 is 9.32 Å². The lowest BCUT2D eigenvalue weighted by Crippen LogP contribution is -2.20. The summed E-state index contributed by atoms with van der Waals surface area (Å²) in [6, 6.07) is 5.60. The van der Waals surface area contributed by atoms with Gasteiger partial charge in [-0.25, -0.2) is 4.21 Å². The van der Waals surface area contributed by atoms with Gasteiger partial charge in [0.1, 0.15) is 16.7 Å². The third-order valence-corrected chi connectivity index (χ3v) is 4.32. The molecule has 1 aromatic carbocycles. The number of hydrogen-bond donors (Lipinski definition) is 1. The van der Waals surface area contributed by atoms with E-state index in [4.69, 9.17) is 0 Å². The van der Waals surface area contributed by atoms with E-state index in [1.807, 2.05) is 46.8 Å². The van der Waals surface area contributed by atoms with Crippen LogP contribution >= 0.6 is 0 Å². The molecule has 0 bridgehead atoms. The number of hydrogen-bond acceptors (Lipinski definition) is 2. The lowest BCUT2D eigenvalue weighted by atomic mass is 10.1. The van der Waals surface area contributed by atoms with Gasteiger partial charge in [-0.3, -0.25) is 0 Å². The molecule has 0 aliphatic heterocycles. The van der Waals surface area contributed by atoms with Gasteiger partial charge in [0.25, 0.3) is 0 Å². The van der Waals surface area contributed by atoms with Gasteiger partial charge in [-0.15, -0.1) is 0 Å². The molecule has 0 unspecified atom stereocenters. The molecule has 1 N–H and O–H groups in total. The summed E-state index contributed by atoms with van der Waals surface area (Å²) in [5.74, 6) is 0.322. The second-order valence-corrected chi connectivity index (χ2v) is 7.71. The van der Waals surface area contributed by atoms with Crippen molar-refractivity contribution >= 4 is 16.7 Å². The summed E-state index contributed by atoms with van der Waals surface area (Å²) in [4.78, 5) is 0. The second kappa shape index (κ2) is 6.33. The highest BCUT2D eigenvalue weighted by atomic mass is 32.2. The van der Waals surface area contributed by atoms with Crippen molar-refractivity contribution in [3.05, 3.63) is 29.3 Å². The Labute approximate surface area is 118 Å². The summed E-state index contributed by atoms with van der Waals surface area (Å²) < 4.78 is 15.8. The van der Waals surface area contributed by atoms with Crippen LogP contribution < -0.4 is 0 Å². The molecule has 1 aromatic rings. The first kappa shape index (κ1) is 15.9. The number of aromatic hydroxyl groups is 1. The van der Waals surface area contributed by atoms with Gasteiger partial charge < -0.3 is 5.11 Å². The van der Waals surface area contributed by atoms with Gasteiger partial charge in [0, 0.05) is 5.71 Å². The van der Waals surface area contributed by atoms with Crippen molar-refractivity contribution in [1.29, 1.82) is 0 Å². The number of rotatable bonds is 4. The minimum atomic E-state index is -1.19. The second-order valence-electron chi connectivity index (χ2n) is 5.81. The third kappa shape index (κ3) is 5.15. The Balaban J connectivity index is 2.64. The molecule has 19 heavy (non-hydrogen) atoms. The summed E-state index contributed by atoms with van der Waals surface area (Å²) in [6.07, 6.45) is 1.63. The van der Waals surface area contributed by atoms with Crippen LogP contribution in [0.4, 0.5) is 0 Å². The van der Waals surface area contributed by atoms with Crippen molar-refractivity contribution in [2.24, 2.45) is 4.40 Å². The van der Waals surface area contributed by atoms with E-state index < -0.39 is 11.0 Å². The first-order chi connectivity index (χ1) is 8.70. The van der Waals surface area contributed by atoms with E-state index in [9.17, 15) is 9.32 Å². The van der Waals surface area contributed by atoms with Crippen molar-refractivity contribution in [1.82, 2.24) is 0 Å². The molecule has 0 heterocycles. The zero-order valence-corrected chi connectivity index (χ0v) is 13.2. The van der Waals surface area contributed by atoms with Gasteiger partial charge in [0.2, 0.25) is 0 Å². The van der Waals surface area contributed by atoms with Crippen LogP contribution in [0.25, 0.3) is 0 Å². The number of benzene rings is 1. The largest absolute Gasteiger partial charge is 0.508 e. The normalized spacial score (nSPS) is 14.5. The number of aryl methyl sites for hydroxylation is 2. The lowest BCUT2D eigenvalue weighted by Gasteiger charge is -2.14. The molecular formula is C15H23NO2S. The minimum absolute atomic E-state index is 0.309. The Hall–Kier alpha value is -1.16. The van der Waals surface area contributed by atoms with E-state index in [0.717, 1.165) is 29.7 Å². The minimum Gasteiger partial charge on any atom is -0.508 e. The molecule has 0 saturated carbocycles. The van der Waals surface area contributed by atoms with E-state index in [0.29, 0.717) is 5.75 Å². The summed E-state index contributed by atoms with van der Waals surface area (Å²) in [5.41, 5.74) is 2.94. The molecular weight excluding hydrogens is 258 g/mol. The number of nitrogens with zero attached hydrogens (tertiary/aromatic N) is 1. The Bertz CT molecular complexity index is 501. The van der Waals surface area contributed by atoms with Gasteiger partial charge in [0.05, 0.1) is 4.75 Å². The van der Waals surface area contributed by atoms with Crippen molar-refractivity contribution in [3.63, 3.8) is 0 Å². The van der Waals surface area contributed by atoms with Crippen LogP contribution in [0.5, 0.6) is 5.75 Å². The van der Waals surface area contributed by atoms with Gasteiger partial charge in [-0.1, -0.05) is 12.1 Å². The Kier molecular flexibility index (Phi) is 5.29. The molecule has 1 atom stereocenters. The molecule has 0 radical (unpaired) electrons. The van der Waals surface area contributed by atoms with Crippen LogP contribution in [-0.2, 0) is 17.4 Å². The standard InChI is InChI=1S/C15H23NO2S/c1-11-10-13(8-9-14(11)17)7-6-12(2)16-19(18)15(3,4)5/h8-10,17H,6-7H2,1-5H3/t19-/m1/s1. The fourth-order valence-electron chi connectivity index (χ4n) is 1.52. The smallest absolute Gasteiger partial charge is 0.144 e. The summed E-state index contributed by atoms with van der Waals surface area (Å²) in [6.45, 7) is 9.56. The highest BCUT2D eigenvalue weighted by molar-refractivity contribution is 7.85. The van der Waals surface area contributed by atoms with E-state index >= 15 is 0 Å². The quantitative estimate of drug-likeness (QED) is 0.858. The van der Waals surface area contributed by atoms with Crippen LogP contribution in [0.15, 0.2) is 22.6 Å². The summed E-state index contributed by atoms with van der Waals surface area (Å²) in [7, 11) is -1.19. The molecule has 0 aromatic heterocycles. The number of phenolic OH excluding ortho intramolecular Hbond substituents is 1. The van der Waals surface area contributed by atoms with Gasteiger partial charge in [0.15, 0.2) is 0 Å². The highest BCUT2D eigenvalue weighted by Crippen LogP contribution is 2.18. The van der Waals surface area contributed by atoms with E-state index in [-0.39, 0.29) is 4.75 Å². The van der Waals surface area contributed by atoms with Crippen LogP contribution in [0.3, 0.4) is 0 Å². The van der Waals surface area contributed by atoms with Crippen molar-refractivity contribution in [3.8, 4) is 5.75 Å². The maximum absolute atomic E-state index is 11.9. The fourth-order valence-corrected chi connectivity index (χ4v) is 2.17. The monoisotopic (exact) mass is 281 g/mol. The van der Waals surface area contributed by atoms with Crippen LogP contribution in [0.1, 0.15) is 45.2 Å². The Morgan fingerprint density at radius 1 is 1.37 bits per heavy atom. The molecule has 0 amide bonds. The zero-order chi connectivity index (χ0) is 14.6. The molecule has 3 nitrogen and oxygen atoms in total. The molecule has 0 aliphatic rings. The maximum Gasteiger partial charge on any atom is 0.144 e. The maximum atomic E-state index is 11.9. The molecule has 0 spiro atoms. The Morgan fingerprint density at radius 2 is 2.00 bits per heavy atom. The van der Waals surface area contributed by atoms with E-state index in [2.05, 4.69) is 4.40 Å². The van der Waals surface area contributed by atoms with Crippen LogP contribution in [0, 0.1) is 6.92 Å². The van der Waals surface area contributed by atoms with Crippen molar-refractivity contribution in [2.45, 2.75) is 52.2 Å². The fraction of sp³-hybridized carbons (Fsp3) is 0.533. The average Bonchev–Trinajstić information content (AvgIpc) is 2.29. The zero-order valence-electron chi connectivity index (χ0n) is 12.4. The lowest BCUT2D eigenvalue weighted by molar-refractivity contribution is 0.471. The van der Waals surface area contributed by atoms with E-state index in [1.54, 1.807) is 6.07 Å². The first-order valence-electron chi connectivity index (χ1n) is 6.45.